The molecule has 1 amide bonds. The van der Waals surface area contributed by atoms with Crippen molar-refractivity contribution in [2.24, 2.45) is 0 Å². The van der Waals surface area contributed by atoms with E-state index < -0.39 is 0 Å². The molecule has 0 radical (unpaired) electrons. The highest BCUT2D eigenvalue weighted by Crippen LogP contribution is 2.15. The molecule has 0 aliphatic carbocycles. The number of nitrogens with zero attached hydrogens (tertiary/aromatic N) is 1. The first kappa shape index (κ1) is 14.7. The van der Waals surface area contributed by atoms with Crippen LogP contribution in [-0.4, -0.2) is 43.9 Å². The number of ether oxygens (including phenoxy) is 2. The van der Waals surface area contributed by atoms with E-state index in [1.807, 2.05) is 6.07 Å². The molecule has 0 spiro atoms. The molecule has 6 nitrogen and oxygen atoms in total. The molecule has 1 saturated heterocycles. The van der Waals surface area contributed by atoms with Crippen LogP contribution >= 0.6 is 0 Å². The monoisotopic (exact) mass is 279 g/mol. The lowest BCUT2D eigenvalue weighted by Gasteiger charge is -2.10. The first-order valence-electron chi connectivity index (χ1n) is 6.91. The number of amides is 1. The van der Waals surface area contributed by atoms with Gasteiger partial charge in [-0.1, -0.05) is 0 Å². The van der Waals surface area contributed by atoms with Crippen LogP contribution in [0.25, 0.3) is 0 Å². The van der Waals surface area contributed by atoms with E-state index in [0.717, 1.165) is 38.1 Å². The SMILES string of the molecule is COCCCNc1ccc(NC(=O)C2CCCO2)nc1. The van der Waals surface area contributed by atoms with Gasteiger partial charge in [0, 0.05) is 26.9 Å². The number of hydrogen-bond donors (Lipinski definition) is 2. The second-order valence-corrected chi connectivity index (χ2v) is 4.70. The molecule has 2 rings (SSSR count). The molecule has 20 heavy (non-hydrogen) atoms. The fourth-order valence-corrected chi connectivity index (χ4v) is 2.01. The van der Waals surface area contributed by atoms with Crippen LogP contribution in [0.4, 0.5) is 11.5 Å². The van der Waals surface area contributed by atoms with E-state index in [9.17, 15) is 4.79 Å². The van der Waals surface area contributed by atoms with Gasteiger partial charge in [0.15, 0.2) is 0 Å². The maximum Gasteiger partial charge on any atom is 0.254 e. The molecule has 1 fully saturated rings. The normalized spacial score (nSPS) is 17.9. The van der Waals surface area contributed by atoms with Crippen molar-refractivity contribution in [2.75, 3.05) is 37.5 Å². The summed E-state index contributed by atoms with van der Waals surface area (Å²) in [6.07, 6.45) is 4.04. The highest BCUT2D eigenvalue weighted by Gasteiger charge is 2.23. The first-order chi connectivity index (χ1) is 9.79. The van der Waals surface area contributed by atoms with Gasteiger partial charge in [0.05, 0.1) is 11.9 Å². The molecule has 1 aliphatic heterocycles. The molecule has 1 atom stereocenters. The van der Waals surface area contributed by atoms with Crippen molar-refractivity contribution >= 4 is 17.4 Å². The van der Waals surface area contributed by atoms with Gasteiger partial charge in [0.25, 0.3) is 5.91 Å². The van der Waals surface area contributed by atoms with E-state index >= 15 is 0 Å². The van der Waals surface area contributed by atoms with Gasteiger partial charge in [-0.2, -0.15) is 0 Å². The third-order valence-corrected chi connectivity index (χ3v) is 3.09. The summed E-state index contributed by atoms with van der Waals surface area (Å²) in [5.74, 6) is 0.434. The van der Waals surface area contributed by atoms with Gasteiger partial charge in [-0.3, -0.25) is 4.79 Å². The second-order valence-electron chi connectivity index (χ2n) is 4.70. The van der Waals surface area contributed by atoms with Crippen molar-refractivity contribution in [1.29, 1.82) is 0 Å². The fraction of sp³-hybridized carbons (Fsp3) is 0.571. The summed E-state index contributed by atoms with van der Waals surface area (Å²) in [7, 11) is 1.69. The predicted octanol–water partition coefficient (Wildman–Crippen LogP) is 1.65. The van der Waals surface area contributed by atoms with E-state index in [2.05, 4.69) is 15.6 Å². The third-order valence-electron chi connectivity index (χ3n) is 3.09. The summed E-state index contributed by atoms with van der Waals surface area (Å²) in [4.78, 5) is 16.0. The molecule has 0 aromatic carbocycles. The number of anilines is 2. The summed E-state index contributed by atoms with van der Waals surface area (Å²) in [5, 5.41) is 6.00. The standard InChI is InChI=1S/C14H21N3O3/c1-19-8-3-7-15-11-5-6-13(16-10-11)17-14(18)12-4-2-9-20-12/h5-6,10,12,15H,2-4,7-9H2,1H3,(H,16,17,18). The number of carbonyl (C=O) groups is 1. The number of aromatic nitrogens is 1. The summed E-state index contributed by atoms with van der Waals surface area (Å²) in [6.45, 7) is 2.23. The Morgan fingerprint density at radius 2 is 2.45 bits per heavy atom. The van der Waals surface area contributed by atoms with E-state index in [-0.39, 0.29) is 12.0 Å². The van der Waals surface area contributed by atoms with E-state index in [1.165, 1.54) is 0 Å². The predicted molar refractivity (Wildman–Crippen MR) is 76.8 cm³/mol. The minimum absolute atomic E-state index is 0.115. The summed E-state index contributed by atoms with van der Waals surface area (Å²) < 4.78 is 10.3. The molecule has 0 bridgehead atoms. The summed E-state index contributed by atoms with van der Waals surface area (Å²) >= 11 is 0. The Labute approximate surface area is 118 Å². The van der Waals surface area contributed by atoms with Crippen LogP contribution in [0.3, 0.4) is 0 Å². The molecule has 1 aromatic rings. The van der Waals surface area contributed by atoms with Crippen molar-refractivity contribution in [3.63, 3.8) is 0 Å². The largest absolute Gasteiger partial charge is 0.385 e. The van der Waals surface area contributed by atoms with E-state index in [0.29, 0.717) is 12.4 Å². The number of carbonyl (C=O) groups excluding carboxylic acids is 1. The lowest BCUT2D eigenvalue weighted by molar-refractivity contribution is -0.124. The number of nitrogens with one attached hydrogen (secondary N) is 2. The van der Waals surface area contributed by atoms with Crippen molar-refractivity contribution in [3.8, 4) is 0 Å². The Hall–Kier alpha value is -1.66. The molecule has 1 aromatic heterocycles. The van der Waals surface area contributed by atoms with Gasteiger partial charge in [0.2, 0.25) is 0 Å². The van der Waals surface area contributed by atoms with Crippen molar-refractivity contribution in [3.05, 3.63) is 18.3 Å². The van der Waals surface area contributed by atoms with Gasteiger partial charge in [0.1, 0.15) is 11.9 Å². The maximum atomic E-state index is 11.8. The molecule has 0 saturated carbocycles. The smallest absolute Gasteiger partial charge is 0.254 e. The maximum absolute atomic E-state index is 11.8. The average Bonchev–Trinajstić information content (AvgIpc) is 3.00. The van der Waals surface area contributed by atoms with Crippen LogP contribution in [0.5, 0.6) is 0 Å². The van der Waals surface area contributed by atoms with E-state index in [1.54, 1.807) is 19.4 Å². The molecule has 6 heteroatoms. The zero-order valence-electron chi connectivity index (χ0n) is 11.7. The molecule has 1 unspecified atom stereocenters. The molecule has 110 valence electrons. The third kappa shape index (κ3) is 4.47. The lowest BCUT2D eigenvalue weighted by Crippen LogP contribution is -2.27. The topological polar surface area (TPSA) is 72.5 Å². The quantitative estimate of drug-likeness (QED) is 0.742. The van der Waals surface area contributed by atoms with Crippen LogP contribution in [-0.2, 0) is 14.3 Å². The molecular formula is C14H21N3O3. The molecule has 2 heterocycles. The highest BCUT2D eigenvalue weighted by atomic mass is 16.5. The number of pyridine rings is 1. The van der Waals surface area contributed by atoms with Gasteiger partial charge in [-0.25, -0.2) is 4.98 Å². The Morgan fingerprint density at radius 3 is 3.10 bits per heavy atom. The lowest BCUT2D eigenvalue weighted by atomic mass is 10.2. The summed E-state index contributed by atoms with van der Waals surface area (Å²) in [6, 6.07) is 3.68. The minimum atomic E-state index is -0.330. The van der Waals surface area contributed by atoms with Crippen LogP contribution in [0.15, 0.2) is 18.3 Å². The Bertz CT molecular complexity index is 416. The summed E-state index contributed by atoms with van der Waals surface area (Å²) in [5.41, 5.74) is 0.927. The number of methoxy groups -OCH3 is 1. The van der Waals surface area contributed by atoms with Crippen LogP contribution in [0.2, 0.25) is 0 Å². The van der Waals surface area contributed by atoms with Crippen molar-refractivity contribution < 1.29 is 14.3 Å². The van der Waals surface area contributed by atoms with Crippen molar-refractivity contribution in [1.82, 2.24) is 4.98 Å². The molecule has 2 N–H and O–H groups in total. The van der Waals surface area contributed by atoms with Crippen LogP contribution < -0.4 is 10.6 Å². The molecular weight excluding hydrogens is 258 g/mol. The average molecular weight is 279 g/mol. The van der Waals surface area contributed by atoms with Crippen molar-refractivity contribution in [2.45, 2.75) is 25.4 Å². The Morgan fingerprint density at radius 1 is 1.55 bits per heavy atom. The van der Waals surface area contributed by atoms with Gasteiger partial charge in [-0.15, -0.1) is 0 Å². The molecule has 1 aliphatic rings. The second kappa shape index (κ2) is 7.81. The Kier molecular flexibility index (Phi) is 5.76. The van der Waals surface area contributed by atoms with Gasteiger partial charge >= 0.3 is 0 Å². The van der Waals surface area contributed by atoms with Gasteiger partial charge < -0.3 is 20.1 Å². The first-order valence-corrected chi connectivity index (χ1v) is 6.91. The minimum Gasteiger partial charge on any atom is -0.385 e. The highest BCUT2D eigenvalue weighted by molar-refractivity contribution is 5.93. The fourth-order valence-electron chi connectivity index (χ4n) is 2.01. The number of hydrogen-bond acceptors (Lipinski definition) is 5. The van der Waals surface area contributed by atoms with Crippen LogP contribution in [0, 0.1) is 0 Å². The zero-order valence-corrected chi connectivity index (χ0v) is 11.7. The van der Waals surface area contributed by atoms with Gasteiger partial charge in [-0.05, 0) is 31.4 Å². The van der Waals surface area contributed by atoms with E-state index in [4.69, 9.17) is 9.47 Å². The Balaban J connectivity index is 1.77. The van der Waals surface area contributed by atoms with Crippen LogP contribution in [0.1, 0.15) is 19.3 Å². The zero-order chi connectivity index (χ0) is 14.2. The number of rotatable bonds is 7.